The molecule has 156 valence electrons. The zero-order valence-corrected chi connectivity index (χ0v) is 16.6. The van der Waals surface area contributed by atoms with E-state index >= 15 is 0 Å². The molecule has 2 aromatic heterocycles. The fourth-order valence-electron chi connectivity index (χ4n) is 3.45. The highest BCUT2D eigenvalue weighted by molar-refractivity contribution is 7.13. The van der Waals surface area contributed by atoms with Crippen LogP contribution in [0.1, 0.15) is 16.9 Å². The van der Waals surface area contributed by atoms with Gasteiger partial charge in [-0.1, -0.05) is 6.07 Å². The van der Waals surface area contributed by atoms with E-state index in [-0.39, 0.29) is 22.3 Å². The minimum atomic E-state index is -0.745. The molecule has 1 fully saturated rings. The molecular formula is C20H19F2N5O2S. The predicted molar refractivity (Wildman–Crippen MR) is 110 cm³/mol. The molecule has 1 aliphatic heterocycles. The monoisotopic (exact) mass is 431 g/mol. The number of aliphatic hydroxyl groups is 1. The molecule has 3 aromatic rings. The highest BCUT2D eigenvalue weighted by Gasteiger charge is 2.26. The van der Waals surface area contributed by atoms with Gasteiger partial charge in [-0.05, 0) is 24.6 Å². The van der Waals surface area contributed by atoms with Crippen molar-refractivity contribution in [3.63, 3.8) is 0 Å². The van der Waals surface area contributed by atoms with Crippen molar-refractivity contribution in [2.45, 2.75) is 18.6 Å². The molecule has 0 radical (unpaired) electrons. The predicted octanol–water partition coefficient (Wildman–Crippen LogP) is 2.63. The van der Waals surface area contributed by atoms with E-state index in [4.69, 9.17) is 5.73 Å². The first-order valence-corrected chi connectivity index (χ1v) is 10.1. The van der Waals surface area contributed by atoms with Gasteiger partial charge in [0.25, 0.3) is 5.91 Å². The first-order valence-electron chi connectivity index (χ1n) is 9.26. The molecule has 1 amide bonds. The average molecular weight is 431 g/mol. The molecule has 0 bridgehead atoms. The van der Waals surface area contributed by atoms with E-state index in [1.54, 1.807) is 12.3 Å². The molecule has 0 unspecified atom stereocenters. The summed E-state index contributed by atoms with van der Waals surface area (Å²) in [6.07, 6.45) is 3.02. The summed E-state index contributed by atoms with van der Waals surface area (Å²) in [5, 5.41) is 14.3. The fraction of sp³-hybridized carbons (Fsp3) is 0.250. The largest absolute Gasteiger partial charge is 0.391 e. The average Bonchev–Trinajstić information content (AvgIpc) is 3.17. The zero-order valence-electron chi connectivity index (χ0n) is 15.8. The Bertz CT molecular complexity index is 1050. The number of benzene rings is 1. The second-order valence-electron chi connectivity index (χ2n) is 7.04. The smallest absolute Gasteiger partial charge is 0.275 e. The van der Waals surface area contributed by atoms with E-state index in [1.165, 1.54) is 17.6 Å². The number of nitrogens with two attached hydrogens (primary N) is 1. The molecule has 0 aliphatic carbocycles. The van der Waals surface area contributed by atoms with Crippen LogP contribution in [0.25, 0.3) is 10.6 Å². The van der Waals surface area contributed by atoms with Gasteiger partial charge < -0.3 is 21.1 Å². The van der Waals surface area contributed by atoms with E-state index in [9.17, 15) is 18.7 Å². The van der Waals surface area contributed by atoms with Crippen molar-refractivity contribution in [1.82, 2.24) is 9.97 Å². The third kappa shape index (κ3) is 4.16. The number of nitrogens with zero attached hydrogens (tertiary/aromatic N) is 3. The van der Waals surface area contributed by atoms with Crippen LogP contribution in [0.2, 0.25) is 0 Å². The SMILES string of the molecule is N[C@H]1C[C@H](O)CN(c2ccncc2NC(=O)c2csc(-c3c(F)cccc3F)n2)C1. The number of β-amino-alcohol motifs (C(OH)–C–C–N with tert-alkyl or cyclic N) is 1. The third-order valence-electron chi connectivity index (χ3n) is 4.76. The lowest BCUT2D eigenvalue weighted by Crippen LogP contribution is -2.49. The number of anilines is 2. The Balaban J connectivity index is 1.57. The molecule has 0 spiro atoms. The van der Waals surface area contributed by atoms with Gasteiger partial charge in [0.2, 0.25) is 0 Å². The van der Waals surface area contributed by atoms with Crippen molar-refractivity contribution >= 4 is 28.6 Å². The van der Waals surface area contributed by atoms with Crippen LogP contribution in [-0.2, 0) is 0 Å². The topological polar surface area (TPSA) is 104 Å². The number of hydrogen-bond acceptors (Lipinski definition) is 7. The quantitative estimate of drug-likeness (QED) is 0.587. The Kier molecular flexibility index (Phi) is 5.71. The number of pyridine rings is 1. The molecule has 1 saturated heterocycles. The first-order chi connectivity index (χ1) is 14.4. The molecule has 10 heteroatoms. The number of carbonyl (C=O) groups excluding carboxylic acids is 1. The van der Waals surface area contributed by atoms with E-state index in [2.05, 4.69) is 15.3 Å². The van der Waals surface area contributed by atoms with Gasteiger partial charge in [-0.15, -0.1) is 11.3 Å². The van der Waals surface area contributed by atoms with Gasteiger partial charge in [0.15, 0.2) is 0 Å². The second-order valence-corrected chi connectivity index (χ2v) is 7.89. The molecule has 4 N–H and O–H groups in total. The molecule has 30 heavy (non-hydrogen) atoms. The maximum atomic E-state index is 14.0. The second kappa shape index (κ2) is 8.42. The summed E-state index contributed by atoms with van der Waals surface area (Å²) in [5.41, 5.74) is 6.87. The maximum Gasteiger partial charge on any atom is 0.275 e. The summed E-state index contributed by atoms with van der Waals surface area (Å²) in [6.45, 7) is 0.908. The van der Waals surface area contributed by atoms with Crippen molar-refractivity contribution in [2.24, 2.45) is 5.73 Å². The van der Waals surface area contributed by atoms with E-state index in [1.807, 2.05) is 4.90 Å². The van der Waals surface area contributed by atoms with Crippen LogP contribution in [0.4, 0.5) is 20.2 Å². The van der Waals surface area contributed by atoms with Crippen LogP contribution in [0.3, 0.4) is 0 Å². The van der Waals surface area contributed by atoms with Crippen molar-refractivity contribution in [1.29, 1.82) is 0 Å². The third-order valence-corrected chi connectivity index (χ3v) is 5.62. The molecule has 4 rings (SSSR count). The first kappa shape index (κ1) is 20.3. The van der Waals surface area contributed by atoms with E-state index in [0.29, 0.717) is 30.9 Å². The number of amides is 1. The van der Waals surface area contributed by atoms with Crippen molar-refractivity contribution in [3.8, 4) is 10.6 Å². The molecular weight excluding hydrogens is 412 g/mol. The van der Waals surface area contributed by atoms with Crippen LogP contribution < -0.4 is 16.0 Å². The number of carbonyl (C=O) groups is 1. The van der Waals surface area contributed by atoms with Gasteiger partial charge in [0.05, 0.1) is 29.2 Å². The molecule has 2 atom stereocenters. The summed E-state index contributed by atoms with van der Waals surface area (Å²) < 4.78 is 28.0. The van der Waals surface area contributed by atoms with Crippen molar-refractivity contribution < 1.29 is 18.7 Å². The summed E-state index contributed by atoms with van der Waals surface area (Å²) in [7, 11) is 0. The van der Waals surface area contributed by atoms with Gasteiger partial charge >= 0.3 is 0 Å². The van der Waals surface area contributed by atoms with Crippen LogP contribution >= 0.6 is 11.3 Å². The summed E-state index contributed by atoms with van der Waals surface area (Å²) in [5.74, 6) is -2.03. The van der Waals surface area contributed by atoms with Crippen molar-refractivity contribution in [3.05, 3.63) is 59.4 Å². The van der Waals surface area contributed by atoms with E-state index in [0.717, 1.165) is 23.5 Å². The Morgan fingerprint density at radius 2 is 2.03 bits per heavy atom. The molecule has 0 saturated carbocycles. The molecule has 1 aliphatic rings. The number of nitrogens with one attached hydrogen (secondary N) is 1. The van der Waals surface area contributed by atoms with Crippen molar-refractivity contribution in [2.75, 3.05) is 23.3 Å². The summed E-state index contributed by atoms with van der Waals surface area (Å²) in [4.78, 5) is 22.7. The normalized spacial score (nSPS) is 19.0. The Morgan fingerprint density at radius 1 is 1.27 bits per heavy atom. The van der Waals surface area contributed by atoms with Crippen LogP contribution in [0.5, 0.6) is 0 Å². The lowest BCUT2D eigenvalue weighted by molar-refractivity contribution is 0.102. The summed E-state index contributed by atoms with van der Waals surface area (Å²) in [6, 6.07) is 5.07. The van der Waals surface area contributed by atoms with Gasteiger partial charge in [0.1, 0.15) is 22.3 Å². The highest BCUT2D eigenvalue weighted by Crippen LogP contribution is 2.30. The lowest BCUT2D eigenvalue weighted by atomic mass is 10.0. The number of hydrogen-bond donors (Lipinski definition) is 3. The van der Waals surface area contributed by atoms with Gasteiger partial charge in [-0.3, -0.25) is 9.78 Å². The maximum absolute atomic E-state index is 14.0. The zero-order chi connectivity index (χ0) is 21.3. The fourth-order valence-corrected chi connectivity index (χ4v) is 4.29. The molecule has 3 heterocycles. The van der Waals surface area contributed by atoms with Gasteiger partial charge in [-0.25, -0.2) is 13.8 Å². The molecule has 7 nitrogen and oxygen atoms in total. The van der Waals surface area contributed by atoms with Crippen LogP contribution in [-0.4, -0.2) is 46.2 Å². The number of aromatic nitrogens is 2. The standard InChI is InChI=1S/C20H19F2N5O2S/c21-13-2-1-3-14(22)18(13)20-26-16(10-30-20)19(29)25-15-7-24-5-4-17(15)27-8-11(23)6-12(28)9-27/h1-5,7,10-12,28H,6,8-9,23H2,(H,25,29)/t11-,12-/m0/s1. The van der Waals surface area contributed by atoms with Crippen LogP contribution in [0, 0.1) is 11.6 Å². The number of aliphatic hydroxyl groups excluding tert-OH is 1. The summed E-state index contributed by atoms with van der Waals surface area (Å²) >= 11 is 0.975. The lowest BCUT2D eigenvalue weighted by Gasteiger charge is -2.36. The minimum absolute atomic E-state index is 0.0304. The van der Waals surface area contributed by atoms with Gasteiger partial charge in [0, 0.05) is 30.7 Å². The van der Waals surface area contributed by atoms with Crippen LogP contribution in [0.15, 0.2) is 42.0 Å². The highest BCUT2D eigenvalue weighted by atomic mass is 32.1. The number of piperidine rings is 1. The van der Waals surface area contributed by atoms with E-state index < -0.39 is 23.6 Å². The minimum Gasteiger partial charge on any atom is -0.391 e. The number of thiazole rings is 1. The Hall–Kier alpha value is -2.95. The van der Waals surface area contributed by atoms with Gasteiger partial charge in [-0.2, -0.15) is 0 Å². The number of rotatable bonds is 4. The Morgan fingerprint density at radius 3 is 2.77 bits per heavy atom. The Labute approximate surface area is 175 Å². The molecule has 1 aromatic carbocycles. The number of halogens is 2.